The predicted molar refractivity (Wildman–Crippen MR) is 64.8 cm³/mol. The number of aromatic nitrogens is 1. The standard InChI is InChI=1S/C12H18N2OS/c1-4-10(13-5-1)11-8-16-12(14-11)7-9-3-2-6-15-9/h8-10,13H,1-7H2/t9?,10-/m0/s1. The van der Waals surface area contributed by atoms with E-state index >= 15 is 0 Å². The summed E-state index contributed by atoms with van der Waals surface area (Å²) in [5.41, 5.74) is 1.25. The fourth-order valence-corrected chi connectivity index (χ4v) is 3.43. The SMILES string of the molecule is c1sc(CC2CCCO2)nc1[C@@H]1CCCN1. The molecule has 4 heteroatoms. The van der Waals surface area contributed by atoms with Crippen LogP contribution in [0, 0.1) is 0 Å². The summed E-state index contributed by atoms with van der Waals surface area (Å²) in [6.45, 7) is 2.08. The molecule has 0 radical (unpaired) electrons. The summed E-state index contributed by atoms with van der Waals surface area (Å²) in [6.07, 6.45) is 6.38. The van der Waals surface area contributed by atoms with Gasteiger partial charge in [0.1, 0.15) is 0 Å². The fraction of sp³-hybridized carbons (Fsp3) is 0.750. The van der Waals surface area contributed by atoms with Gasteiger partial charge in [-0.15, -0.1) is 11.3 Å². The molecule has 88 valence electrons. The van der Waals surface area contributed by atoms with E-state index in [-0.39, 0.29) is 0 Å². The Hall–Kier alpha value is -0.450. The van der Waals surface area contributed by atoms with E-state index in [0.29, 0.717) is 12.1 Å². The van der Waals surface area contributed by atoms with Crippen molar-refractivity contribution in [3.05, 3.63) is 16.1 Å². The Morgan fingerprint density at radius 3 is 3.19 bits per heavy atom. The molecule has 3 rings (SSSR count). The molecule has 0 saturated carbocycles. The first-order valence-corrected chi connectivity index (χ1v) is 7.09. The van der Waals surface area contributed by atoms with E-state index in [0.717, 1.165) is 19.6 Å². The highest BCUT2D eigenvalue weighted by Gasteiger charge is 2.21. The van der Waals surface area contributed by atoms with E-state index in [4.69, 9.17) is 9.72 Å². The highest BCUT2D eigenvalue weighted by atomic mass is 32.1. The lowest BCUT2D eigenvalue weighted by atomic mass is 10.2. The molecule has 1 unspecified atom stereocenters. The molecular formula is C12H18N2OS. The average Bonchev–Trinajstić information content (AvgIpc) is 2.99. The molecule has 3 heterocycles. The van der Waals surface area contributed by atoms with Crippen LogP contribution < -0.4 is 5.32 Å². The van der Waals surface area contributed by atoms with Gasteiger partial charge in [-0.25, -0.2) is 4.98 Å². The Bertz CT molecular complexity index is 341. The molecule has 0 bridgehead atoms. The minimum absolute atomic E-state index is 0.426. The number of nitrogens with zero attached hydrogens (tertiary/aromatic N) is 1. The van der Waals surface area contributed by atoms with Crippen molar-refractivity contribution in [1.29, 1.82) is 0 Å². The molecule has 0 amide bonds. The van der Waals surface area contributed by atoms with Gasteiger partial charge in [-0.1, -0.05) is 0 Å². The zero-order valence-electron chi connectivity index (χ0n) is 9.45. The molecule has 2 fully saturated rings. The van der Waals surface area contributed by atoms with Crippen LogP contribution in [0.5, 0.6) is 0 Å². The van der Waals surface area contributed by atoms with Crippen molar-refractivity contribution in [1.82, 2.24) is 10.3 Å². The van der Waals surface area contributed by atoms with Crippen LogP contribution in [0.3, 0.4) is 0 Å². The Balaban J connectivity index is 1.62. The summed E-state index contributed by atoms with van der Waals surface area (Å²) >= 11 is 1.79. The summed E-state index contributed by atoms with van der Waals surface area (Å²) in [5.74, 6) is 0. The molecule has 0 aromatic carbocycles. The van der Waals surface area contributed by atoms with Gasteiger partial charge in [-0.3, -0.25) is 0 Å². The minimum Gasteiger partial charge on any atom is -0.378 e. The van der Waals surface area contributed by atoms with Crippen LogP contribution >= 0.6 is 11.3 Å². The largest absolute Gasteiger partial charge is 0.378 e. The Morgan fingerprint density at radius 1 is 1.44 bits per heavy atom. The zero-order chi connectivity index (χ0) is 10.8. The number of thiazole rings is 1. The van der Waals surface area contributed by atoms with Gasteiger partial charge in [-0.2, -0.15) is 0 Å². The Kier molecular flexibility index (Phi) is 3.22. The molecule has 1 N–H and O–H groups in total. The molecule has 0 spiro atoms. The molecule has 2 saturated heterocycles. The van der Waals surface area contributed by atoms with Crippen LogP contribution in [0.25, 0.3) is 0 Å². The van der Waals surface area contributed by atoms with Crippen molar-refractivity contribution in [3.63, 3.8) is 0 Å². The summed E-state index contributed by atoms with van der Waals surface area (Å²) in [7, 11) is 0. The second kappa shape index (κ2) is 4.82. The van der Waals surface area contributed by atoms with Crippen molar-refractivity contribution in [2.45, 2.75) is 44.2 Å². The summed E-state index contributed by atoms with van der Waals surface area (Å²) in [6, 6.07) is 0.509. The van der Waals surface area contributed by atoms with E-state index in [2.05, 4.69) is 10.7 Å². The second-order valence-corrected chi connectivity index (χ2v) is 5.60. The minimum atomic E-state index is 0.426. The van der Waals surface area contributed by atoms with Crippen LogP contribution in [-0.2, 0) is 11.2 Å². The van der Waals surface area contributed by atoms with Gasteiger partial charge >= 0.3 is 0 Å². The smallest absolute Gasteiger partial charge is 0.0954 e. The van der Waals surface area contributed by atoms with Gasteiger partial charge in [0.05, 0.1) is 22.8 Å². The Labute approximate surface area is 100 Å². The van der Waals surface area contributed by atoms with Crippen molar-refractivity contribution in [2.24, 2.45) is 0 Å². The molecule has 2 atom stereocenters. The van der Waals surface area contributed by atoms with Gasteiger partial charge in [0.25, 0.3) is 0 Å². The number of nitrogens with one attached hydrogen (secondary N) is 1. The first-order chi connectivity index (χ1) is 7.92. The van der Waals surface area contributed by atoms with Crippen molar-refractivity contribution in [3.8, 4) is 0 Å². The maximum atomic E-state index is 5.64. The Morgan fingerprint density at radius 2 is 2.44 bits per heavy atom. The lowest BCUT2D eigenvalue weighted by Crippen LogP contribution is -2.13. The number of hydrogen-bond acceptors (Lipinski definition) is 4. The van der Waals surface area contributed by atoms with Gasteiger partial charge in [0, 0.05) is 18.4 Å². The van der Waals surface area contributed by atoms with Crippen LogP contribution in [0.15, 0.2) is 5.38 Å². The van der Waals surface area contributed by atoms with Crippen LogP contribution in [0.2, 0.25) is 0 Å². The fourth-order valence-electron chi connectivity index (χ4n) is 2.52. The van der Waals surface area contributed by atoms with Crippen LogP contribution in [0.4, 0.5) is 0 Å². The molecule has 1 aromatic heterocycles. The van der Waals surface area contributed by atoms with Crippen molar-refractivity contribution < 1.29 is 4.74 Å². The molecule has 1 aromatic rings. The van der Waals surface area contributed by atoms with Gasteiger partial charge in [0.15, 0.2) is 0 Å². The summed E-state index contributed by atoms with van der Waals surface area (Å²) in [4.78, 5) is 4.73. The third kappa shape index (κ3) is 2.29. The highest BCUT2D eigenvalue weighted by Crippen LogP contribution is 2.26. The van der Waals surface area contributed by atoms with E-state index in [9.17, 15) is 0 Å². The van der Waals surface area contributed by atoms with Gasteiger partial charge < -0.3 is 10.1 Å². The number of hydrogen-bond donors (Lipinski definition) is 1. The maximum absolute atomic E-state index is 5.64. The maximum Gasteiger partial charge on any atom is 0.0954 e. The predicted octanol–water partition coefficient (Wildman–Crippen LogP) is 2.29. The number of rotatable bonds is 3. The molecule has 2 aliphatic rings. The van der Waals surface area contributed by atoms with E-state index in [1.54, 1.807) is 11.3 Å². The van der Waals surface area contributed by atoms with Crippen molar-refractivity contribution in [2.75, 3.05) is 13.2 Å². The highest BCUT2D eigenvalue weighted by molar-refractivity contribution is 7.09. The monoisotopic (exact) mass is 238 g/mol. The third-order valence-electron chi connectivity index (χ3n) is 3.41. The van der Waals surface area contributed by atoms with E-state index in [1.807, 2.05) is 0 Å². The average molecular weight is 238 g/mol. The topological polar surface area (TPSA) is 34.1 Å². The van der Waals surface area contributed by atoms with Crippen molar-refractivity contribution >= 4 is 11.3 Å². The van der Waals surface area contributed by atoms with Gasteiger partial charge in [-0.05, 0) is 32.2 Å². The van der Waals surface area contributed by atoms with E-state index in [1.165, 1.54) is 36.4 Å². The molecule has 0 aliphatic carbocycles. The lowest BCUT2D eigenvalue weighted by molar-refractivity contribution is 0.111. The summed E-state index contributed by atoms with van der Waals surface area (Å²) < 4.78 is 5.64. The molecular weight excluding hydrogens is 220 g/mol. The third-order valence-corrected chi connectivity index (χ3v) is 4.30. The molecule has 3 nitrogen and oxygen atoms in total. The molecule has 16 heavy (non-hydrogen) atoms. The zero-order valence-corrected chi connectivity index (χ0v) is 10.3. The first kappa shape index (κ1) is 10.7. The van der Waals surface area contributed by atoms with E-state index < -0.39 is 0 Å². The number of ether oxygens (including phenoxy) is 1. The van der Waals surface area contributed by atoms with Crippen LogP contribution in [0.1, 0.15) is 42.4 Å². The molecule has 2 aliphatic heterocycles. The summed E-state index contributed by atoms with van der Waals surface area (Å²) in [5, 5.41) is 6.95. The first-order valence-electron chi connectivity index (χ1n) is 6.21. The normalized spacial score (nSPS) is 30.0. The van der Waals surface area contributed by atoms with Gasteiger partial charge in [0.2, 0.25) is 0 Å². The quantitative estimate of drug-likeness (QED) is 0.877. The lowest BCUT2D eigenvalue weighted by Gasteiger charge is -2.07. The second-order valence-electron chi connectivity index (χ2n) is 4.65. The van der Waals surface area contributed by atoms with Crippen LogP contribution in [-0.4, -0.2) is 24.2 Å².